The summed E-state index contributed by atoms with van der Waals surface area (Å²) in [5.74, 6) is 0.269. The van der Waals surface area contributed by atoms with Crippen molar-refractivity contribution in [1.29, 1.82) is 0 Å². The molecule has 36 heavy (non-hydrogen) atoms. The number of hydrogen-bond donors (Lipinski definition) is 0. The lowest BCUT2D eigenvalue weighted by Gasteiger charge is -2.18. The van der Waals surface area contributed by atoms with E-state index in [2.05, 4.69) is 0 Å². The summed E-state index contributed by atoms with van der Waals surface area (Å²) in [7, 11) is -4.17. The Kier molecular flexibility index (Phi) is 6.94. The molecule has 0 radical (unpaired) electrons. The second-order valence-electron chi connectivity index (χ2n) is 8.35. The molecule has 0 heterocycles. The van der Waals surface area contributed by atoms with Crippen LogP contribution in [0.4, 0.5) is 0 Å². The third-order valence-corrected chi connectivity index (χ3v) is 8.03. The molecule has 0 aliphatic heterocycles. The van der Waals surface area contributed by atoms with Crippen LogP contribution >= 0.6 is 11.8 Å². The molecule has 0 aromatic heterocycles. The van der Waals surface area contributed by atoms with Crippen LogP contribution in [0.15, 0.2) is 142 Å². The predicted molar refractivity (Wildman–Crippen MR) is 147 cm³/mol. The summed E-state index contributed by atoms with van der Waals surface area (Å²) in [6.45, 7) is 1.97. The topological polar surface area (TPSA) is 43.4 Å². The molecular weight excluding hydrogens is 484 g/mol. The summed E-state index contributed by atoms with van der Waals surface area (Å²) in [6.07, 6.45) is 0. The van der Waals surface area contributed by atoms with Crippen molar-refractivity contribution >= 4 is 21.9 Å². The Morgan fingerprint density at radius 1 is 0.583 bits per heavy atom. The second kappa shape index (κ2) is 10.4. The van der Waals surface area contributed by atoms with E-state index in [1.807, 2.05) is 122 Å². The molecule has 0 N–H and O–H groups in total. The first-order chi connectivity index (χ1) is 17.5. The van der Waals surface area contributed by atoms with Crippen molar-refractivity contribution in [3.8, 4) is 28.0 Å². The Bertz CT molecular complexity index is 1500. The van der Waals surface area contributed by atoms with Crippen LogP contribution in [0.1, 0.15) is 5.56 Å². The van der Waals surface area contributed by atoms with E-state index in [1.165, 1.54) is 0 Å². The van der Waals surface area contributed by atoms with Crippen molar-refractivity contribution < 1.29 is 12.6 Å². The van der Waals surface area contributed by atoms with Crippen molar-refractivity contribution in [3.63, 3.8) is 0 Å². The van der Waals surface area contributed by atoms with E-state index in [0.717, 1.165) is 26.5 Å². The van der Waals surface area contributed by atoms with Gasteiger partial charge in [-0.15, -0.1) is 0 Å². The third-order valence-electron chi connectivity index (χ3n) is 5.66. The van der Waals surface area contributed by atoms with E-state index in [4.69, 9.17) is 4.18 Å². The minimum Gasteiger partial charge on any atom is -0.379 e. The van der Waals surface area contributed by atoms with E-state index in [1.54, 1.807) is 23.9 Å². The average molecular weight is 509 g/mol. The van der Waals surface area contributed by atoms with Crippen LogP contribution in [0.3, 0.4) is 0 Å². The zero-order chi connectivity index (χ0) is 25.0. The molecule has 5 rings (SSSR count). The van der Waals surface area contributed by atoms with Gasteiger partial charge in [0.1, 0.15) is 10.6 Å². The quantitative estimate of drug-likeness (QED) is 0.208. The largest absolute Gasteiger partial charge is 0.379 e. The molecule has 5 aromatic rings. The summed E-state index contributed by atoms with van der Waals surface area (Å²) >= 11 is 1.61. The average Bonchev–Trinajstić information content (AvgIpc) is 2.90. The zero-order valence-corrected chi connectivity index (χ0v) is 21.3. The van der Waals surface area contributed by atoms with Gasteiger partial charge >= 0.3 is 10.1 Å². The van der Waals surface area contributed by atoms with Crippen molar-refractivity contribution in [2.24, 2.45) is 0 Å². The summed E-state index contributed by atoms with van der Waals surface area (Å²) in [5, 5.41) is 0. The number of benzene rings is 5. The zero-order valence-electron chi connectivity index (χ0n) is 19.7. The van der Waals surface area contributed by atoms with Crippen LogP contribution in [-0.4, -0.2) is 8.42 Å². The highest BCUT2D eigenvalue weighted by atomic mass is 32.2. The molecule has 0 unspecified atom stereocenters. The van der Waals surface area contributed by atoms with Gasteiger partial charge in [-0.3, -0.25) is 0 Å². The minimum absolute atomic E-state index is 0.160. The van der Waals surface area contributed by atoms with Gasteiger partial charge in [-0.25, -0.2) is 0 Å². The van der Waals surface area contributed by atoms with Crippen molar-refractivity contribution in [2.75, 3.05) is 0 Å². The monoisotopic (exact) mass is 508 g/mol. The SMILES string of the molecule is Cc1cc(-c2ccccc2)c(S(=O)(=O)Oc2ccc(Sc3ccccc3)cc2)c(-c2ccccc2)c1. The van der Waals surface area contributed by atoms with Gasteiger partial charge in [-0.05, 0) is 72.1 Å². The van der Waals surface area contributed by atoms with Gasteiger partial charge in [0, 0.05) is 20.9 Å². The van der Waals surface area contributed by atoms with Gasteiger partial charge in [0.05, 0.1) is 0 Å². The molecule has 0 saturated carbocycles. The molecule has 0 aliphatic rings. The van der Waals surface area contributed by atoms with E-state index < -0.39 is 10.1 Å². The molecule has 5 heteroatoms. The number of rotatable bonds is 7. The van der Waals surface area contributed by atoms with Crippen LogP contribution in [0.5, 0.6) is 5.75 Å². The highest BCUT2D eigenvalue weighted by molar-refractivity contribution is 7.99. The van der Waals surface area contributed by atoms with Gasteiger partial charge < -0.3 is 4.18 Å². The molecule has 0 saturated heterocycles. The Morgan fingerprint density at radius 3 is 1.53 bits per heavy atom. The van der Waals surface area contributed by atoms with Crippen molar-refractivity contribution in [3.05, 3.63) is 133 Å². The first-order valence-electron chi connectivity index (χ1n) is 11.5. The first kappa shape index (κ1) is 23.9. The summed E-state index contributed by atoms with van der Waals surface area (Å²) in [4.78, 5) is 2.27. The van der Waals surface area contributed by atoms with Crippen LogP contribution in [-0.2, 0) is 10.1 Å². The summed E-state index contributed by atoms with van der Waals surface area (Å²) in [6, 6.07) is 40.1. The third kappa shape index (κ3) is 5.38. The number of hydrogen-bond acceptors (Lipinski definition) is 4. The van der Waals surface area contributed by atoms with Crippen molar-refractivity contribution in [2.45, 2.75) is 21.6 Å². The fourth-order valence-corrected chi connectivity index (χ4v) is 6.24. The molecule has 0 aliphatic carbocycles. The standard InChI is InChI=1S/C31H24O3S2/c1-23-21-29(24-11-5-2-6-12-24)31(30(22-23)25-13-7-3-8-14-25)36(32,33)34-26-17-19-28(20-18-26)35-27-15-9-4-10-16-27/h2-22H,1H3. The van der Waals surface area contributed by atoms with Crippen molar-refractivity contribution in [1.82, 2.24) is 0 Å². The Hall–Kier alpha value is -3.80. The summed E-state index contributed by atoms with van der Waals surface area (Å²) in [5.41, 5.74) is 3.83. The maximum absolute atomic E-state index is 13.8. The van der Waals surface area contributed by atoms with Gasteiger partial charge in [-0.2, -0.15) is 8.42 Å². The van der Waals surface area contributed by atoms with Gasteiger partial charge in [0.2, 0.25) is 0 Å². The fourth-order valence-electron chi connectivity index (χ4n) is 4.06. The van der Waals surface area contributed by atoms with Crippen LogP contribution in [0.2, 0.25) is 0 Å². The second-order valence-corrected chi connectivity index (χ2v) is 11.0. The molecule has 3 nitrogen and oxygen atoms in total. The molecule has 0 amide bonds. The Balaban J connectivity index is 1.56. The van der Waals surface area contributed by atoms with Crippen LogP contribution in [0.25, 0.3) is 22.3 Å². The number of aryl methyl sites for hydroxylation is 1. The lowest BCUT2D eigenvalue weighted by atomic mass is 9.96. The summed E-state index contributed by atoms with van der Waals surface area (Å²) < 4.78 is 33.4. The van der Waals surface area contributed by atoms with Crippen LogP contribution < -0.4 is 4.18 Å². The molecule has 0 fully saturated rings. The van der Waals surface area contributed by atoms with Gasteiger partial charge in [0.25, 0.3) is 0 Å². The highest BCUT2D eigenvalue weighted by Gasteiger charge is 2.27. The fraction of sp³-hybridized carbons (Fsp3) is 0.0323. The van der Waals surface area contributed by atoms with Gasteiger partial charge in [-0.1, -0.05) is 90.6 Å². The molecule has 178 valence electrons. The predicted octanol–water partition coefficient (Wildman–Crippen LogP) is 8.25. The Morgan fingerprint density at radius 2 is 1.03 bits per heavy atom. The minimum atomic E-state index is -4.17. The molecule has 5 aromatic carbocycles. The highest BCUT2D eigenvalue weighted by Crippen LogP contribution is 2.39. The van der Waals surface area contributed by atoms with Crippen LogP contribution in [0, 0.1) is 6.92 Å². The van der Waals surface area contributed by atoms with E-state index in [9.17, 15) is 8.42 Å². The smallest absolute Gasteiger partial charge is 0.340 e. The van der Waals surface area contributed by atoms with E-state index in [0.29, 0.717) is 11.1 Å². The molecule has 0 bridgehead atoms. The normalized spacial score (nSPS) is 11.2. The van der Waals surface area contributed by atoms with E-state index in [-0.39, 0.29) is 10.6 Å². The Labute approximate surface area is 216 Å². The lowest BCUT2D eigenvalue weighted by Crippen LogP contribution is -2.13. The molecule has 0 spiro atoms. The molecule has 0 atom stereocenters. The lowest BCUT2D eigenvalue weighted by molar-refractivity contribution is 0.486. The molecular formula is C31H24O3S2. The van der Waals surface area contributed by atoms with E-state index >= 15 is 0 Å². The maximum Gasteiger partial charge on any atom is 0.340 e. The van der Waals surface area contributed by atoms with Gasteiger partial charge in [0.15, 0.2) is 0 Å². The first-order valence-corrected chi connectivity index (χ1v) is 13.7. The maximum atomic E-state index is 13.8.